The van der Waals surface area contributed by atoms with Crippen molar-refractivity contribution >= 4 is 46.5 Å². The number of carbonyl (C=O) groups is 1. The maximum atomic E-state index is 12.3. The minimum atomic E-state index is -0.768. The fraction of sp³-hybridized carbons (Fsp3) is 0.235. The van der Waals surface area contributed by atoms with E-state index in [4.69, 9.17) is 39.5 Å². The fourth-order valence-corrected chi connectivity index (χ4v) is 3.67. The van der Waals surface area contributed by atoms with Crippen molar-refractivity contribution in [3.63, 3.8) is 0 Å². The summed E-state index contributed by atoms with van der Waals surface area (Å²) in [6.07, 6.45) is 0.458. The Labute approximate surface area is 149 Å². The highest BCUT2D eigenvalue weighted by Crippen LogP contribution is 2.40. The van der Waals surface area contributed by atoms with Crippen LogP contribution in [-0.2, 0) is 15.1 Å². The summed E-state index contributed by atoms with van der Waals surface area (Å²) in [5, 5.41) is 4.71. The van der Waals surface area contributed by atoms with Gasteiger partial charge in [-0.2, -0.15) is 0 Å². The van der Waals surface area contributed by atoms with Gasteiger partial charge in [0.15, 0.2) is 0 Å². The van der Waals surface area contributed by atoms with Gasteiger partial charge in [-0.3, -0.25) is 0 Å². The maximum absolute atomic E-state index is 12.3. The highest BCUT2D eigenvalue weighted by atomic mass is 35.5. The van der Waals surface area contributed by atoms with Crippen LogP contribution in [0.3, 0.4) is 0 Å². The third-order valence-corrected chi connectivity index (χ3v) is 4.62. The Bertz CT molecular complexity index is 745. The van der Waals surface area contributed by atoms with Crippen molar-refractivity contribution in [2.75, 3.05) is 5.32 Å². The normalized spacial score (nSPS) is 23.7. The van der Waals surface area contributed by atoms with Crippen LogP contribution in [0, 0.1) is 0 Å². The molecule has 0 saturated carbocycles. The Morgan fingerprint density at radius 3 is 2.43 bits per heavy atom. The number of carbonyl (C=O) groups excluding carboxylic acids is 1. The van der Waals surface area contributed by atoms with Crippen LogP contribution < -0.4 is 5.32 Å². The molecule has 0 bridgehead atoms. The van der Waals surface area contributed by atoms with Gasteiger partial charge in [-0.1, -0.05) is 53.0 Å². The first-order valence-corrected chi connectivity index (χ1v) is 8.21. The summed E-state index contributed by atoms with van der Waals surface area (Å²) in [5.41, 5.74) is 0.700. The molecule has 1 aliphatic rings. The van der Waals surface area contributed by atoms with Gasteiger partial charge < -0.3 is 10.1 Å². The molecule has 0 aromatic heterocycles. The van der Waals surface area contributed by atoms with E-state index >= 15 is 0 Å². The Hall–Kier alpha value is -1.42. The Balaban J connectivity index is 1.84. The maximum Gasteiger partial charge on any atom is 0.329 e. The molecule has 0 spiro atoms. The third kappa shape index (κ3) is 3.42. The van der Waals surface area contributed by atoms with Crippen molar-refractivity contribution in [1.29, 1.82) is 0 Å². The number of hydrogen-bond donors (Lipinski definition) is 1. The number of esters is 1. The van der Waals surface area contributed by atoms with Crippen LogP contribution in [0.1, 0.15) is 18.9 Å². The van der Waals surface area contributed by atoms with Crippen LogP contribution >= 0.6 is 34.8 Å². The van der Waals surface area contributed by atoms with Gasteiger partial charge in [0.05, 0.1) is 0 Å². The lowest BCUT2D eigenvalue weighted by atomic mass is 9.91. The first-order chi connectivity index (χ1) is 10.9. The van der Waals surface area contributed by atoms with Crippen LogP contribution in [0.2, 0.25) is 15.1 Å². The van der Waals surface area contributed by atoms with E-state index in [-0.39, 0.29) is 5.97 Å². The number of hydrogen-bond acceptors (Lipinski definition) is 3. The van der Waals surface area contributed by atoms with Gasteiger partial charge in [0.25, 0.3) is 0 Å². The molecular weight excluding hydrogens is 357 g/mol. The second kappa shape index (κ2) is 6.23. The number of nitrogens with one attached hydrogen (secondary N) is 1. The molecule has 1 fully saturated rings. The number of rotatable bonds is 3. The Morgan fingerprint density at radius 1 is 1.13 bits per heavy atom. The molecule has 2 atom stereocenters. The molecule has 23 heavy (non-hydrogen) atoms. The van der Waals surface area contributed by atoms with Crippen LogP contribution in [0.4, 0.5) is 5.69 Å². The van der Waals surface area contributed by atoms with E-state index in [1.807, 2.05) is 25.1 Å². The highest BCUT2D eigenvalue weighted by Gasteiger charge is 2.45. The summed E-state index contributed by atoms with van der Waals surface area (Å²) in [7, 11) is 0. The first kappa shape index (κ1) is 16.4. The van der Waals surface area contributed by atoms with Gasteiger partial charge >= 0.3 is 5.97 Å². The average molecular weight is 371 g/mol. The first-order valence-electron chi connectivity index (χ1n) is 7.08. The van der Waals surface area contributed by atoms with Gasteiger partial charge in [-0.15, -0.1) is 0 Å². The second-order valence-corrected chi connectivity index (χ2v) is 6.97. The van der Waals surface area contributed by atoms with Gasteiger partial charge in [0, 0.05) is 32.7 Å². The molecule has 1 saturated heterocycles. The minimum absolute atomic E-state index is 0.330. The number of halogens is 3. The summed E-state index contributed by atoms with van der Waals surface area (Å²) in [6.45, 7) is 1.86. The monoisotopic (exact) mass is 369 g/mol. The zero-order valence-corrected chi connectivity index (χ0v) is 14.5. The van der Waals surface area contributed by atoms with Crippen LogP contribution in [0.15, 0.2) is 42.5 Å². The molecule has 1 aliphatic heterocycles. The van der Waals surface area contributed by atoms with Crippen LogP contribution in [0.5, 0.6) is 0 Å². The summed E-state index contributed by atoms with van der Waals surface area (Å²) < 4.78 is 5.61. The van der Waals surface area contributed by atoms with Gasteiger partial charge in [-0.05, 0) is 31.2 Å². The van der Waals surface area contributed by atoms with Gasteiger partial charge in [-0.25, -0.2) is 4.79 Å². The van der Waals surface area contributed by atoms with E-state index in [2.05, 4.69) is 5.32 Å². The Kier molecular flexibility index (Phi) is 4.45. The molecular formula is C17H14Cl3NO2. The van der Waals surface area contributed by atoms with E-state index in [1.165, 1.54) is 0 Å². The zero-order chi connectivity index (χ0) is 16.6. The molecule has 1 N–H and O–H groups in total. The Morgan fingerprint density at radius 2 is 1.78 bits per heavy atom. The SMILES string of the molecule is CC1(c2ccccc2Cl)CC(Nc2cc(Cl)cc(Cl)c2)C(=O)O1. The van der Waals surface area contributed by atoms with Gasteiger partial charge in [0.2, 0.25) is 0 Å². The van der Waals surface area contributed by atoms with Crippen molar-refractivity contribution in [3.8, 4) is 0 Å². The van der Waals surface area contributed by atoms with Crippen molar-refractivity contribution < 1.29 is 9.53 Å². The summed E-state index contributed by atoms with van der Waals surface area (Å²) in [4.78, 5) is 12.3. The average Bonchev–Trinajstić information content (AvgIpc) is 2.73. The molecule has 0 aliphatic carbocycles. The minimum Gasteiger partial charge on any atom is -0.453 e. The number of anilines is 1. The fourth-order valence-electron chi connectivity index (χ4n) is 2.81. The molecule has 2 aromatic carbocycles. The second-order valence-electron chi connectivity index (χ2n) is 5.69. The van der Waals surface area contributed by atoms with E-state index in [0.29, 0.717) is 27.2 Å². The lowest BCUT2D eigenvalue weighted by Crippen LogP contribution is -2.25. The molecule has 0 amide bonds. The molecule has 2 aromatic rings. The van der Waals surface area contributed by atoms with Crippen LogP contribution in [-0.4, -0.2) is 12.0 Å². The summed E-state index contributed by atoms with van der Waals surface area (Å²) >= 11 is 18.2. The van der Waals surface area contributed by atoms with Gasteiger partial charge in [0.1, 0.15) is 11.6 Å². The number of cyclic esters (lactones) is 1. The lowest BCUT2D eigenvalue weighted by molar-refractivity contribution is -0.148. The quantitative estimate of drug-likeness (QED) is 0.746. The predicted octanol–water partition coefficient (Wildman–Crippen LogP) is 5.29. The topological polar surface area (TPSA) is 38.3 Å². The van der Waals surface area contributed by atoms with Crippen molar-refractivity contribution in [1.82, 2.24) is 0 Å². The predicted molar refractivity (Wildman–Crippen MR) is 93.4 cm³/mol. The van der Waals surface area contributed by atoms with Crippen molar-refractivity contribution in [2.24, 2.45) is 0 Å². The molecule has 0 radical (unpaired) electrons. The zero-order valence-electron chi connectivity index (χ0n) is 12.3. The van der Waals surface area contributed by atoms with Crippen molar-refractivity contribution in [2.45, 2.75) is 25.0 Å². The van der Waals surface area contributed by atoms with Crippen LogP contribution in [0.25, 0.3) is 0 Å². The lowest BCUT2D eigenvalue weighted by Gasteiger charge is -2.24. The molecule has 3 nitrogen and oxygen atoms in total. The van der Waals surface area contributed by atoms with E-state index in [9.17, 15) is 4.79 Å². The molecule has 6 heteroatoms. The van der Waals surface area contributed by atoms with E-state index < -0.39 is 11.6 Å². The molecule has 3 rings (SSSR count). The summed E-state index contributed by atoms with van der Waals surface area (Å²) in [6, 6.07) is 11.9. The number of ether oxygens (including phenoxy) is 1. The standard InChI is InChI=1S/C17H14Cl3NO2/c1-17(13-4-2-3-5-14(13)20)9-15(16(22)23-17)21-12-7-10(18)6-11(19)8-12/h2-8,15,21H,9H2,1H3. The van der Waals surface area contributed by atoms with Crippen molar-refractivity contribution in [3.05, 3.63) is 63.1 Å². The molecule has 120 valence electrons. The third-order valence-electron chi connectivity index (χ3n) is 3.85. The van der Waals surface area contributed by atoms with E-state index in [1.54, 1.807) is 24.3 Å². The van der Waals surface area contributed by atoms with E-state index in [0.717, 1.165) is 5.56 Å². The molecule has 1 heterocycles. The smallest absolute Gasteiger partial charge is 0.329 e. The largest absolute Gasteiger partial charge is 0.453 e. The summed E-state index contributed by atoms with van der Waals surface area (Å²) in [5.74, 6) is -0.330. The molecule has 2 unspecified atom stereocenters. The number of benzene rings is 2. The highest BCUT2D eigenvalue weighted by molar-refractivity contribution is 6.35.